The summed E-state index contributed by atoms with van der Waals surface area (Å²) < 4.78 is 4.95. The second-order valence-corrected chi connectivity index (χ2v) is 6.28. The first-order valence-corrected chi connectivity index (χ1v) is 8.67. The van der Waals surface area contributed by atoms with Gasteiger partial charge in [-0.1, -0.05) is 12.1 Å². The van der Waals surface area contributed by atoms with Crippen molar-refractivity contribution in [1.29, 1.82) is 0 Å². The lowest BCUT2D eigenvalue weighted by atomic mass is 10.1. The van der Waals surface area contributed by atoms with Gasteiger partial charge in [0, 0.05) is 0 Å². The molecule has 3 rings (SSSR count). The summed E-state index contributed by atoms with van der Waals surface area (Å²) in [5.74, 6) is -1.12. The maximum absolute atomic E-state index is 12.3. The fraction of sp³-hybridized carbons (Fsp3) is 0.235. The second kappa shape index (κ2) is 7.35. The number of carbonyl (C=O) groups excluding carboxylic acids is 3. The first kappa shape index (κ1) is 17.0. The molecule has 2 heterocycles. The molecule has 3 N–H and O–H groups in total. The Morgan fingerprint density at radius 3 is 2.76 bits per heavy atom. The number of carbonyl (C=O) groups is 3. The van der Waals surface area contributed by atoms with Crippen molar-refractivity contribution in [3.63, 3.8) is 0 Å². The number of amides is 2. The Hall–Kier alpha value is -2.87. The SMILES string of the molecule is CCOC(=O)c1ccsc1NC(=O)C[C@@H]1Nc2ccccc2NC1=O. The van der Waals surface area contributed by atoms with Crippen molar-refractivity contribution in [3.8, 4) is 0 Å². The average Bonchev–Trinajstić information content (AvgIpc) is 3.04. The highest BCUT2D eigenvalue weighted by molar-refractivity contribution is 7.14. The van der Waals surface area contributed by atoms with Crippen LogP contribution < -0.4 is 16.0 Å². The maximum Gasteiger partial charge on any atom is 0.341 e. The molecule has 0 bridgehead atoms. The van der Waals surface area contributed by atoms with Crippen molar-refractivity contribution in [2.75, 3.05) is 22.6 Å². The average molecular weight is 359 g/mol. The number of rotatable bonds is 5. The molecule has 2 amide bonds. The van der Waals surface area contributed by atoms with Gasteiger partial charge in [-0.15, -0.1) is 11.3 Å². The van der Waals surface area contributed by atoms with Gasteiger partial charge in [0.15, 0.2) is 0 Å². The zero-order valence-corrected chi connectivity index (χ0v) is 14.3. The number of benzene rings is 1. The lowest BCUT2D eigenvalue weighted by Crippen LogP contribution is -2.41. The van der Waals surface area contributed by atoms with E-state index in [1.165, 1.54) is 11.3 Å². The second-order valence-electron chi connectivity index (χ2n) is 5.37. The zero-order valence-electron chi connectivity index (χ0n) is 13.5. The van der Waals surface area contributed by atoms with E-state index in [0.29, 0.717) is 16.3 Å². The lowest BCUT2D eigenvalue weighted by molar-refractivity contribution is -0.122. The van der Waals surface area contributed by atoms with Crippen molar-refractivity contribution in [2.24, 2.45) is 0 Å². The maximum atomic E-state index is 12.3. The van der Waals surface area contributed by atoms with Gasteiger partial charge in [0.2, 0.25) is 11.8 Å². The summed E-state index contributed by atoms with van der Waals surface area (Å²) in [5, 5.41) is 10.6. The highest BCUT2D eigenvalue weighted by Gasteiger charge is 2.28. The molecule has 1 aliphatic heterocycles. The third-order valence-electron chi connectivity index (χ3n) is 3.63. The number of esters is 1. The lowest BCUT2D eigenvalue weighted by Gasteiger charge is -2.26. The molecule has 1 aromatic carbocycles. The summed E-state index contributed by atoms with van der Waals surface area (Å²) in [7, 11) is 0. The van der Waals surface area contributed by atoms with Gasteiger partial charge in [0.1, 0.15) is 11.0 Å². The minimum Gasteiger partial charge on any atom is -0.462 e. The van der Waals surface area contributed by atoms with Gasteiger partial charge in [-0.05, 0) is 30.5 Å². The first-order chi connectivity index (χ1) is 12.1. The fourth-order valence-electron chi connectivity index (χ4n) is 2.47. The minimum absolute atomic E-state index is 0.0552. The number of anilines is 3. The molecule has 0 saturated heterocycles. The van der Waals surface area contributed by atoms with Gasteiger partial charge in [-0.3, -0.25) is 9.59 Å². The predicted octanol–water partition coefficient (Wildman–Crippen LogP) is 2.69. The number of para-hydroxylation sites is 2. The topological polar surface area (TPSA) is 96.5 Å². The van der Waals surface area contributed by atoms with Gasteiger partial charge < -0.3 is 20.7 Å². The van der Waals surface area contributed by atoms with E-state index in [1.807, 2.05) is 18.2 Å². The van der Waals surface area contributed by atoms with E-state index < -0.39 is 12.0 Å². The Morgan fingerprint density at radius 2 is 2.00 bits per heavy atom. The Bertz CT molecular complexity index is 818. The molecule has 7 nitrogen and oxygen atoms in total. The Balaban J connectivity index is 1.65. The molecule has 1 aliphatic rings. The molecule has 1 aromatic heterocycles. The predicted molar refractivity (Wildman–Crippen MR) is 96.0 cm³/mol. The van der Waals surface area contributed by atoms with Crippen LogP contribution in [0.5, 0.6) is 0 Å². The summed E-state index contributed by atoms with van der Waals surface area (Å²) in [5.41, 5.74) is 1.77. The quantitative estimate of drug-likeness (QED) is 0.713. The van der Waals surface area contributed by atoms with Gasteiger partial charge >= 0.3 is 5.97 Å². The third kappa shape index (κ3) is 3.80. The zero-order chi connectivity index (χ0) is 17.8. The number of hydrogen-bond acceptors (Lipinski definition) is 6. The van der Waals surface area contributed by atoms with E-state index in [2.05, 4.69) is 16.0 Å². The van der Waals surface area contributed by atoms with E-state index in [1.54, 1.807) is 24.4 Å². The van der Waals surface area contributed by atoms with Crippen molar-refractivity contribution in [1.82, 2.24) is 0 Å². The first-order valence-electron chi connectivity index (χ1n) is 7.79. The molecule has 1 atom stereocenters. The Labute approximate surface area is 148 Å². The molecule has 25 heavy (non-hydrogen) atoms. The van der Waals surface area contributed by atoms with E-state index in [9.17, 15) is 14.4 Å². The monoisotopic (exact) mass is 359 g/mol. The van der Waals surface area contributed by atoms with Crippen LogP contribution in [-0.4, -0.2) is 30.4 Å². The van der Waals surface area contributed by atoms with Crippen LogP contribution in [-0.2, 0) is 14.3 Å². The van der Waals surface area contributed by atoms with Crippen LogP contribution in [0.4, 0.5) is 16.4 Å². The van der Waals surface area contributed by atoms with Crippen molar-refractivity contribution in [3.05, 3.63) is 41.3 Å². The molecule has 0 fully saturated rings. The molecule has 2 aromatic rings. The number of ether oxygens (including phenoxy) is 1. The molecule has 0 spiro atoms. The van der Waals surface area contributed by atoms with E-state index in [-0.39, 0.29) is 24.8 Å². The number of thiophene rings is 1. The van der Waals surface area contributed by atoms with Crippen molar-refractivity contribution >= 4 is 45.5 Å². The van der Waals surface area contributed by atoms with Crippen molar-refractivity contribution in [2.45, 2.75) is 19.4 Å². The summed E-state index contributed by atoms with van der Waals surface area (Å²) in [6.07, 6.45) is -0.0552. The van der Waals surface area contributed by atoms with Crippen LogP contribution >= 0.6 is 11.3 Å². The number of hydrogen-bond donors (Lipinski definition) is 3. The standard InChI is InChI=1S/C17H17N3O4S/c1-2-24-17(23)10-7-8-25-16(10)20-14(21)9-13-15(22)19-12-6-4-3-5-11(12)18-13/h3-8,13,18H,2,9H2,1H3,(H,19,22)(H,20,21)/t13-/m0/s1. The normalized spacial score (nSPS) is 15.6. The van der Waals surface area contributed by atoms with Gasteiger partial charge in [0.05, 0.1) is 30.0 Å². The third-order valence-corrected chi connectivity index (χ3v) is 4.46. The van der Waals surface area contributed by atoms with Crippen LogP contribution in [0.2, 0.25) is 0 Å². The highest BCUT2D eigenvalue weighted by atomic mass is 32.1. The summed E-state index contributed by atoms with van der Waals surface area (Å²) in [6, 6.07) is 8.20. The largest absolute Gasteiger partial charge is 0.462 e. The summed E-state index contributed by atoms with van der Waals surface area (Å²) in [4.78, 5) is 36.3. The van der Waals surface area contributed by atoms with Gasteiger partial charge in [-0.25, -0.2) is 4.79 Å². The van der Waals surface area contributed by atoms with Gasteiger partial charge in [-0.2, -0.15) is 0 Å². The van der Waals surface area contributed by atoms with Gasteiger partial charge in [0.25, 0.3) is 0 Å². The molecule has 0 saturated carbocycles. The van der Waals surface area contributed by atoms with E-state index >= 15 is 0 Å². The molecule has 0 unspecified atom stereocenters. The molecule has 0 aliphatic carbocycles. The van der Waals surface area contributed by atoms with Crippen LogP contribution in [0.3, 0.4) is 0 Å². The summed E-state index contributed by atoms with van der Waals surface area (Å²) in [6.45, 7) is 1.97. The van der Waals surface area contributed by atoms with E-state index in [0.717, 1.165) is 5.69 Å². The molecule has 130 valence electrons. The smallest absolute Gasteiger partial charge is 0.341 e. The van der Waals surface area contributed by atoms with Crippen LogP contribution in [0.1, 0.15) is 23.7 Å². The Morgan fingerprint density at radius 1 is 1.24 bits per heavy atom. The molecule has 8 heteroatoms. The Kier molecular flexibility index (Phi) is 4.99. The fourth-order valence-corrected chi connectivity index (χ4v) is 3.26. The molecular formula is C17H17N3O4S. The molecule has 0 radical (unpaired) electrons. The highest BCUT2D eigenvalue weighted by Crippen LogP contribution is 2.28. The number of nitrogens with one attached hydrogen (secondary N) is 3. The van der Waals surface area contributed by atoms with Crippen LogP contribution in [0, 0.1) is 0 Å². The van der Waals surface area contributed by atoms with Crippen LogP contribution in [0.15, 0.2) is 35.7 Å². The van der Waals surface area contributed by atoms with E-state index in [4.69, 9.17) is 4.74 Å². The molecular weight excluding hydrogens is 342 g/mol. The summed E-state index contributed by atoms with van der Waals surface area (Å²) >= 11 is 1.23. The number of fused-ring (bicyclic) bond motifs is 1. The van der Waals surface area contributed by atoms with Crippen LogP contribution in [0.25, 0.3) is 0 Å². The minimum atomic E-state index is -0.680. The van der Waals surface area contributed by atoms with Crippen molar-refractivity contribution < 1.29 is 19.1 Å².